The Morgan fingerprint density at radius 1 is 1.26 bits per heavy atom. The summed E-state index contributed by atoms with van der Waals surface area (Å²) in [6.07, 6.45) is 0.132. The molecule has 10 heteroatoms. The van der Waals surface area contributed by atoms with Crippen molar-refractivity contribution in [1.82, 2.24) is 10.3 Å². The van der Waals surface area contributed by atoms with Gasteiger partial charge in [-0.2, -0.15) is 0 Å². The van der Waals surface area contributed by atoms with Crippen LogP contribution in [-0.2, 0) is 20.9 Å². The van der Waals surface area contributed by atoms with Gasteiger partial charge in [-0.1, -0.05) is 23.7 Å². The summed E-state index contributed by atoms with van der Waals surface area (Å²) in [4.78, 5) is 44.3. The molecule has 3 amide bonds. The van der Waals surface area contributed by atoms with E-state index < -0.39 is 5.92 Å². The standard InChI is InChI=1S/C21H19ClN4O3S2/c1-12(27)23-9-14-6-7-18(31-14)16-11-30-21(24-16)25-20(29)13-8-19(28)26(10-13)17-5-3-2-4-15(17)22/h2-7,11,13H,8-10H2,1H3,(H,23,27)(H,24,25,29). The van der Waals surface area contributed by atoms with Crippen molar-refractivity contribution in [3.8, 4) is 10.6 Å². The zero-order valence-corrected chi connectivity index (χ0v) is 18.9. The lowest BCUT2D eigenvalue weighted by atomic mass is 10.1. The average Bonchev–Trinajstić information content (AvgIpc) is 3.46. The average molecular weight is 475 g/mol. The Morgan fingerprint density at radius 2 is 2.06 bits per heavy atom. The molecule has 160 valence electrons. The Balaban J connectivity index is 1.39. The molecule has 1 atom stereocenters. The van der Waals surface area contributed by atoms with Gasteiger partial charge in [-0.3, -0.25) is 14.4 Å². The first-order chi connectivity index (χ1) is 14.9. The first-order valence-electron chi connectivity index (χ1n) is 9.55. The second-order valence-corrected chi connectivity index (χ2v) is 9.49. The van der Waals surface area contributed by atoms with Gasteiger partial charge in [0, 0.05) is 30.1 Å². The van der Waals surface area contributed by atoms with Crippen LogP contribution in [0.4, 0.5) is 10.8 Å². The number of carbonyl (C=O) groups excluding carboxylic acids is 3. The van der Waals surface area contributed by atoms with E-state index in [1.807, 2.05) is 23.6 Å². The number of hydrogen-bond donors (Lipinski definition) is 2. The van der Waals surface area contributed by atoms with Crippen molar-refractivity contribution in [2.24, 2.45) is 5.92 Å². The lowest BCUT2D eigenvalue weighted by Crippen LogP contribution is -2.28. The number of thiophene rings is 1. The summed E-state index contributed by atoms with van der Waals surface area (Å²) in [6, 6.07) is 11.0. The van der Waals surface area contributed by atoms with E-state index in [9.17, 15) is 14.4 Å². The van der Waals surface area contributed by atoms with Crippen LogP contribution in [0.3, 0.4) is 0 Å². The predicted octanol–water partition coefficient (Wildman–Crippen LogP) is 4.15. The smallest absolute Gasteiger partial charge is 0.231 e. The number of para-hydroxylation sites is 1. The number of amides is 3. The van der Waals surface area contributed by atoms with Gasteiger partial charge in [0.2, 0.25) is 17.7 Å². The first kappa shape index (κ1) is 21.5. The fraction of sp³-hybridized carbons (Fsp3) is 0.238. The third-order valence-electron chi connectivity index (χ3n) is 4.80. The molecule has 3 heterocycles. The molecule has 31 heavy (non-hydrogen) atoms. The van der Waals surface area contributed by atoms with Gasteiger partial charge in [-0.15, -0.1) is 22.7 Å². The third kappa shape index (κ3) is 4.95. The molecule has 1 fully saturated rings. The number of hydrogen-bond acceptors (Lipinski definition) is 6. The van der Waals surface area contributed by atoms with Crippen molar-refractivity contribution in [1.29, 1.82) is 0 Å². The Hall–Kier alpha value is -2.75. The van der Waals surface area contributed by atoms with E-state index in [2.05, 4.69) is 15.6 Å². The van der Waals surface area contributed by atoms with E-state index >= 15 is 0 Å². The topological polar surface area (TPSA) is 91.4 Å². The summed E-state index contributed by atoms with van der Waals surface area (Å²) in [5.41, 5.74) is 1.38. The van der Waals surface area contributed by atoms with Crippen molar-refractivity contribution < 1.29 is 14.4 Å². The number of carbonyl (C=O) groups is 3. The van der Waals surface area contributed by atoms with E-state index in [1.165, 1.54) is 29.6 Å². The van der Waals surface area contributed by atoms with Crippen molar-refractivity contribution in [2.45, 2.75) is 19.9 Å². The molecular weight excluding hydrogens is 456 g/mol. The predicted molar refractivity (Wildman–Crippen MR) is 123 cm³/mol. The number of rotatable bonds is 6. The van der Waals surface area contributed by atoms with E-state index in [1.54, 1.807) is 23.1 Å². The molecule has 0 saturated carbocycles. The van der Waals surface area contributed by atoms with Gasteiger partial charge >= 0.3 is 0 Å². The van der Waals surface area contributed by atoms with Crippen LogP contribution >= 0.6 is 34.3 Å². The summed E-state index contributed by atoms with van der Waals surface area (Å²) >= 11 is 9.07. The molecule has 7 nitrogen and oxygen atoms in total. The number of nitrogens with zero attached hydrogens (tertiary/aromatic N) is 2. The van der Waals surface area contributed by atoms with Gasteiger partial charge < -0.3 is 15.5 Å². The Labute approximate surface area is 192 Å². The van der Waals surface area contributed by atoms with Crippen LogP contribution in [0, 0.1) is 5.92 Å². The van der Waals surface area contributed by atoms with E-state index in [4.69, 9.17) is 11.6 Å². The van der Waals surface area contributed by atoms with Crippen LogP contribution < -0.4 is 15.5 Å². The number of benzene rings is 1. The highest BCUT2D eigenvalue weighted by Gasteiger charge is 2.36. The zero-order valence-electron chi connectivity index (χ0n) is 16.6. The van der Waals surface area contributed by atoms with Gasteiger partial charge in [0.15, 0.2) is 5.13 Å². The van der Waals surface area contributed by atoms with Crippen LogP contribution in [0.1, 0.15) is 18.2 Å². The number of thiazole rings is 1. The fourth-order valence-electron chi connectivity index (χ4n) is 3.26. The molecule has 1 aliphatic heterocycles. The van der Waals surface area contributed by atoms with Crippen molar-refractivity contribution in [3.05, 3.63) is 51.7 Å². The first-order valence-corrected chi connectivity index (χ1v) is 11.6. The summed E-state index contributed by atoms with van der Waals surface area (Å²) < 4.78 is 0. The molecule has 1 aliphatic rings. The molecule has 3 aromatic rings. The van der Waals surface area contributed by atoms with Gasteiger partial charge in [0.1, 0.15) is 0 Å². The lowest BCUT2D eigenvalue weighted by Gasteiger charge is -2.17. The van der Waals surface area contributed by atoms with Crippen LogP contribution in [-0.4, -0.2) is 29.3 Å². The Morgan fingerprint density at radius 3 is 2.84 bits per heavy atom. The molecule has 0 bridgehead atoms. The van der Waals surface area contributed by atoms with Crippen LogP contribution in [0.5, 0.6) is 0 Å². The van der Waals surface area contributed by atoms with Gasteiger partial charge in [0.25, 0.3) is 0 Å². The monoisotopic (exact) mass is 474 g/mol. The second-order valence-electron chi connectivity index (χ2n) is 7.06. The number of anilines is 2. The lowest BCUT2D eigenvalue weighted by molar-refractivity contribution is -0.122. The summed E-state index contributed by atoms with van der Waals surface area (Å²) in [6.45, 7) is 2.24. The number of halogens is 1. The molecule has 0 aliphatic carbocycles. The highest BCUT2D eigenvalue weighted by atomic mass is 35.5. The van der Waals surface area contributed by atoms with Crippen molar-refractivity contribution in [2.75, 3.05) is 16.8 Å². The summed E-state index contributed by atoms with van der Waals surface area (Å²) in [7, 11) is 0. The minimum atomic E-state index is -0.470. The Bertz CT molecular complexity index is 1140. The molecule has 0 radical (unpaired) electrons. The molecule has 1 unspecified atom stereocenters. The molecule has 2 N–H and O–H groups in total. The SMILES string of the molecule is CC(=O)NCc1ccc(-c2csc(NC(=O)C3CC(=O)N(c4ccccc4Cl)C3)n2)s1. The summed E-state index contributed by atoms with van der Waals surface area (Å²) in [5.74, 6) is -0.908. The molecule has 1 saturated heterocycles. The van der Waals surface area contributed by atoms with E-state index in [0.29, 0.717) is 22.4 Å². The fourth-order valence-corrected chi connectivity index (χ4v) is 5.19. The minimum Gasteiger partial charge on any atom is -0.351 e. The third-order valence-corrected chi connectivity index (χ3v) is 6.98. The van der Waals surface area contributed by atoms with Gasteiger partial charge in [0.05, 0.1) is 33.7 Å². The quantitative estimate of drug-likeness (QED) is 0.561. The largest absolute Gasteiger partial charge is 0.351 e. The molecule has 2 aromatic heterocycles. The number of nitrogens with one attached hydrogen (secondary N) is 2. The normalized spacial score (nSPS) is 15.9. The zero-order chi connectivity index (χ0) is 22.0. The molecular formula is C21H19ClN4O3S2. The highest BCUT2D eigenvalue weighted by Crippen LogP contribution is 2.33. The molecule has 1 aromatic carbocycles. The molecule has 4 rings (SSSR count). The highest BCUT2D eigenvalue weighted by molar-refractivity contribution is 7.17. The van der Waals surface area contributed by atoms with E-state index in [-0.39, 0.29) is 30.7 Å². The summed E-state index contributed by atoms with van der Waals surface area (Å²) in [5, 5.41) is 8.44. The van der Waals surface area contributed by atoms with Crippen LogP contribution in [0.15, 0.2) is 41.8 Å². The van der Waals surface area contributed by atoms with Gasteiger partial charge in [-0.05, 0) is 24.3 Å². The van der Waals surface area contributed by atoms with Crippen LogP contribution in [0.2, 0.25) is 5.02 Å². The van der Waals surface area contributed by atoms with Crippen molar-refractivity contribution >= 4 is 62.8 Å². The minimum absolute atomic E-state index is 0.0768. The Kier molecular flexibility index (Phi) is 6.35. The van der Waals surface area contributed by atoms with Crippen LogP contribution in [0.25, 0.3) is 10.6 Å². The number of aromatic nitrogens is 1. The molecule has 0 spiro atoms. The second kappa shape index (κ2) is 9.17. The maximum Gasteiger partial charge on any atom is 0.231 e. The maximum atomic E-state index is 12.7. The maximum absolute atomic E-state index is 12.7. The van der Waals surface area contributed by atoms with Gasteiger partial charge in [-0.25, -0.2) is 4.98 Å². The van der Waals surface area contributed by atoms with E-state index in [0.717, 1.165) is 15.4 Å². The van der Waals surface area contributed by atoms with Crippen molar-refractivity contribution in [3.63, 3.8) is 0 Å².